The normalized spacial score (nSPS) is 21.9. The fourth-order valence-corrected chi connectivity index (χ4v) is 6.19. The summed E-state index contributed by atoms with van der Waals surface area (Å²) in [5.41, 5.74) is 1.64. The van der Waals surface area contributed by atoms with E-state index in [9.17, 15) is 0 Å². The van der Waals surface area contributed by atoms with Crippen molar-refractivity contribution in [2.75, 3.05) is 6.61 Å². The Balaban J connectivity index is 1.71. The fraction of sp³-hybridized carbons (Fsp3) is 0.292. The lowest BCUT2D eigenvalue weighted by Gasteiger charge is -2.26. The van der Waals surface area contributed by atoms with Crippen LogP contribution in [0.25, 0.3) is 0 Å². The Morgan fingerprint density at radius 2 is 1.52 bits per heavy atom. The van der Waals surface area contributed by atoms with Gasteiger partial charge in [0.2, 0.25) is 5.90 Å². The van der Waals surface area contributed by atoms with Crippen LogP contribution >= 0.6 is 7.92 Å². The summed E-state index contributed by atoms with van der Waals surface area (Å²) in [7, 11) is -0.566. The third-order valence-corrected chi connectivity index (χ3v) is 7.85. The van der Waals surface area contributed by atoms with E-state index in [1.54, 1.807) is 0 Å². The van der Waals surface area contributed by atoms with Crippen LogP contribution < -0.4 is 10.6 Å². The maximum Gasteiger partial charge on any atom is 0.213 e. The Morgan fingerprint density at radius 3 is 2.04 bits per heavy atom. The maximum absolute atomic E-state index is 6.08. The van der Waals surface area contributed by atoms with Crippen LogP contribution in [0.2, 0.25) is 0 Å². The van der Waals surface area contributed by atoms with Crippen molar-refractivity contribution in [3.63, 3.8) is 0 Å². The molecular weight excluding hydrogens is 349 g/mol. The summed E-state index contributed by atoms with van der Waals surface area (Å²) in [6, 6.07) is 21.9. The fourth-order valence-electron chi connectivity index (χ4n) is 3.51. The van der Waals surface area contributed by atoms with Gasteiger partial charge in [-0.05, 0) is 23.9 Å². The standard InChI is InChI=1S/C24H26NOP/c1-24(2,3)22-17-26-23(25-22)20-15-10-16-21(20)27(18-11-6-4-7-12-18)19-13-8-5-9-14-19/h4-16,21-22H,17H2,1-3H3/t21?,22-/m1/s1. The van der Waals surface area contributed by atoms with Gasteiger partial charge in [-0.3, -0.25) is 0 Å². The van der Waals surface area contributed by atoms with Crippen molar-refractivity contribution in [1.29, 1.82) is 0 Å². The van der Waals surface area contributed by atoms with Gasteiger partial charge in [0.1, 0.15) is 6.61 Å². The van der Waals surface area contributed by atoms with E-state index in [2.05, 4.69) is 99.7 Å². The summed E-state index contributed by atoms with van der Waals surface area (Å²) in [4.78, 5) is 4.96. The number of rotatable bonds is 4. The molecule has 2 aliphatic rings. The summed E-state index contributed by atoms with van der Waals surface area (Å²) in [6.07, 6.45) is 6.67. The molecule has 1 aliphatic carbocycles. The van der Waals surface area contributed by atoms with E-state index in [4.69, 9.17) is 9.73 Å². The molecule has 0 amide bonds. The van der Waals surface area contributed by atoms with Crippen molar-refractivity contribution < 1.29 is 4.74 Å². The number of aliphatic imine (C=N–C) groups is 1. The van der Waals surface area contributed by atoms with Crippen LogP contribution in [0.5, 0.6) is 0 Å². The second-order valence-corrected chi connectivity index (χ2v) is 10.4. The van der Waals surface area contributed by atoms with Gasteiger partial charge in [-0.15, -0.1) is 0 Å². The Labute approximate surface area is 163 Å². The topological polar surface area (TPSA) is 21.6 Å². The van der Waals surface area contributed by atoms with E-state index in [0.717, 1.165) is 5.90 Å². The van der Waals surface area contributed by atoms with Crippen molar-refractivity contribution in [2.45, 2.75) is 32.5 Å². The molecule has 138 valence electrons. The van der Waals surface area contributed by atoms with E-state index in [1.807, 2.05) is 0 Å². The molecule has 2 aromatic carbocycles. The Bertz CT molecular complexity index is 838. The number of hydrogen-bond acceptors (Lipinski definition) is 2. The van der Waals surface area contributed by atoms with Gasteiger partial charge in [0.05, 0.1) is 6.04 Å². The monoisotopic (exact) mass is 375 g/mol. The molecule has 2 aromatic rings. The first-order valence-electron chi connectivity index (χ1n) is 9.53. The molecule has 0 saturated carbocycles. The van der Waals surface area contributed by atoms with Gasteiger partial charge in [-0.1, -0.05) is 99.7 Å². The first-order valence-corrected chi connectivity index (χ1v) is 10.9. The zero-order chi connectivity index (χ0) is 18.9. The molecule has 2 nitrogen and oxygen atoms in total. The molecule has 1 unspecified atom stereocenters. The number of benzene rings is 2. The van der Waals surface area contributed by atoms with E-state index in [0.29, 0.717) is 12.3 Å². The average molecular weight is 375 g/mol. The molecule has 4 rings (SSSR count). The lowest BCUT2D eigenvalue weighted by molar-refractivity contribution is 0.235. The quantitative estimate of drug-likeness (QED) is 0.702. The highest BCUT2D eigenvalue weighted by Gasteiger charge is 2.36. The third kappa shape index (κ3) is 3.77. The minimum absolute atomic E-state index is 0.118. The summed E-state index contributed by atoms with van der Waals surface area (Å²) >= 11 is 0. The van der Waals surface area contributed by atoms with Crippen LogP contribution in [0.3, 0.4) is 0 Å². The molecule has 0 aromatic heterocycles. The lowest BCUT2D eigenvalue weighted by atomic mass is 9.88. The molecule has 0 fully saturated rings. The molecule has 27 heavy (non-hydrogen) atoms. The third-order valence-electron chi connectivity index (χ3n) is 5.13. The van der Waals surface area contributed by atoms with Crippen molar-refractivity contribution in [3.05, 3.63) is 84.5 Å². The SMILES string of the molecule is CC(C)(C)[C@H]1COC(C2=CC=CC2P(c2ccccc2)c2ccccc2)=N1. The van der Waals surface area contributed by atoms with E-state index in [1.165, 1.54) is 16.2 Å². The second-order valence-electron chi connectivity index (χ2n) is 8.12. The van der Waals surface area contributed by atoms with Crippen LogP contribution in [0.1, 0.15) is 20.8 Å². The van der Waals surface area contributed by atoms with Gasteiger partial charge in [0.25, 0.3) is 0 Å². The zero-order valence-electron chi connectivity index (χ0n) is 16.2. The predicted octanol–water partition coefficient (Wildman–Crippen LogP) is 4.83. The molecule has 2 atom stereocenters. The molecule has 3 heteroatoms. The van der Waals surface area contributed by atoms with Crippen LogP contribution in [0.4, 0.5) is 0 Å². The van der Waals surface area contributed by atoms with E-state index in [-0.39, 0.29) is 11.5 Å². The highest BCUT2D eigenvalue weighted by molar-refractivity contribution is 7.74. The summed E-state index contributed by atoms with van der Waals surface area (Å²) in [5, 5.41) is 2.76. The smallest absolute Gasteiger partial charge is 0.213 e. The Kier molecular flexibility index (Phi) is 5.02. The Morgan fingerprint density at radius 1 is 0.926 bits per heavy atom. The molecule has 1 aliphatic heterocycles. The molecule has 0 N–H and O–H groups in total. The number of allylic oxidation sites excluding steroid dienone is 3. The zero-order valence-corrected chi connectivity index (χ0v) is 17.1. The maximum atomic E-state index is 6.08. The highest BCUT2D eigenvalue weighted by atomic mass is 31.1. The van der Waals surface area contributed by atoms with Gasteiger partial charge >= 0.3 is 0 Å². The van der Waals surface area contributed by atoms with Crippen molar-refractivity contribution >= 4 is 24.4 Å². The average Bonchev–Trinajstić information content (AvgIpc) is 3.33. The first kappa shape index (κ1) is 18.2. The molecule has 1 heterocycles. The minimum Gasteiger partial charge on any atom is -0.475 e. The lowest BCUT2D eigenvalue weighted by Crippen LogP contribution is -2.25. The van der Waals surface area contributed by atoms with Gasteiger partial charge in [0.15, 0.2) is 0 Å². The highest BCUT2D eigenvalue weighted by Crippen LogP contribution is 2.46. The first-order chi connectivity index (χ1) is 13.0. The molecule has 0 bridgehead atoms. The second kappa shape index (κ2) is 7.44. The molecule has 0 radical (unpaired) electrons. The van der Waals surface area contributed by atoms with Crippen LogP contribution in [-0.4, -0.2) is 24.2 Å². The summed E-state index contributed by atoms with van der Waals surface area (Å²) in [6.45, 7) is 7.37. The van der Waals surface area contributed by atoms with Gasteiger partial charge in [-0.2, -0.15) is 0 Å². The van der Waals surface area contributed by atoms with Gasteiger partial charge < -0.3 is 4.74 Å². The van der Waals surface area contributed by atoms with Crippen LogP contribution in [0, 0.1) is 5.41 Å². The molecular formula is C24H26NOP. The Hall–Kier alpha value is -2.18. The number of hydrogen-bond donors (Lipinski definition) is 0. The summed E-state index contributed by atoms with van der Waals surface area (Å²) < 4.78 is 6.08. The number of nitrogens with zero attached hydrogens (tertiary/aromatic N) is 1. The van der Waals surface area contributed by atoms with Crippen LogP contribution in [-0.2, 0) is 4.74 Å². The van der Waals surface area contributed by atoms with Gasteiger partial charge in [-0.25, -0.2) is 4.99 Å². The van der Waals surface area contributed by atoms with Gasteiger partial charge in [0, 0.05) is 11.2 Å². The predicted molar refractivity (Wildman–Crippen MR) is 117 cm³/mol. The largest absolute Gasteiger partial charge is 0.475 e. The molecule has 0 saturated heterocycles. The number of ether oxygens (including phenoxy) is 1. The van der Waals surface area contributed by atoms with Crippen LogP contribution in [0.15, 0.2) is 89.5 Å². The van der Waals surface area contributed by atoms with E-state index >= 15 is 0 Å². The minimum atomic E-state index is -0.566. The van der Waals surface area contributed by atoms with E-state index < -0.39 is 7.92 Å². The van der Waals surface area contributed by atoms with Crippen molar-refractivity contribution in [2.24, 2.45) is 10.4 Å². The van der Waals surface area contributed by atoms with Crippen molar-refractivity contribution in [1.82, 2.24) is 0 Å². The molecule has 0 spiro atoms. The summed E-state index contributed by atoms with van der Waals surface area (Å²) in [5.74, 6) is 0.837. The van der Waals surface area contributed by atoms with Crippen molar-refractivity contribution in [3.8, 4) is 0 Å².